The molecule has 1 unspecified atom stereocenters. The lowest BCUT2D eigenvalue weighted by atomic mass is 9.99. The summed E-state index contributed by atoms with van der Waals surface area (Å²) in [7, 11) is 0. The highest BCUT2D eigenvalue weighted by Crippen LogP contribution is 2.24. The van der Waals surface area contributed by atoms with Crippen LogP contribution in [0, 0.1) is 0 Å². The molecule has 2 rings (SSSR count). The van der Waals surface area contributed by atoms with Gasteiger partial charge >= 0.3 is 5.97 Å². The second kappa shape index (κ2) is 7.14. The zero-order valence-corrected chi connectivity index (χ0v) is 11.5. The molecule has 0 saturated carbocycles. The predicted octanol–water partition coefficient (Wildman–Crippen LogP) is -1.94. The second-order valence-electron chi connectivity index (χ2n) is 4.95. The minimum absolute atomic E-state index is 0.289. The van der Waals surface area contributed by atoms with Gasteiger partial charge in [0.05, 0.1) is 6.61 Å². The van der Waals surface area contributed by atoms with E-state index in [0.717, 1.165) is 0 Å². The van der Waals surface area contributed by atoms with Crippen molar-refractivity contribution in [2.24, 2.45) is 0 Å². The van der Waals surface area contributed by atoms with Crippen molar-refractivity contribution in [3.05, 3.63) is 35.9 Å². The number of carbonyl (C=O) groups is 1. The van der Waals surface area contributed by atoms with Gasteiger partial charge in [-0.25, -0.2) is 4.79 Å². The first kappa shape index (κ1) is 16.8. The summed E-state index contributed by atoms with van der Waals surface area (Å²) in [5.74, 6) is -1.09. The van der Waals surface area contributed by atoms with Gasteiger partial charge in [-0.1, -0.05) is 30.3 Å². The lowest BCUT2D eigenvalue weighted by Gasteiger charge is -2.39. The van der Waals surface area contributed by atoms with E-state index in [1.54, 1.807) is 18.2 Å². The van der Waals surface area contributed by atoms with Crippen LogP contribution in [0.1, 0.15) is 11.7 Å². The molecule has 1 aliphatic rings. The molecule has 5 N–H and O–H groups in total. The fourth-order valence-corrected chi connectivity index (χ4v) is 2.12. The Morgan fingerprint density at radius 1 is 1.14 bits per heavy atom. The van der Waals surface area contributed by atoms with Gasteiger partial charge in [0.15, 0.2) is 6.10 Å². The van der Waals surface area contributed by atoms with E-state index < -0.39 is 49.4 Å². The molecule has 1 heterocycles. The Morgan fingerprint density at radius 3 is 2.36 bits per heavy atom. The summed E-state index contributed by atoms with van der Waals surface area (Å²) >= 11 is 0. The highest BCUT2D eigenvalue weighted by atomic mass is 16.7. The smallest absolute Gasteiger partial charge is 0.342 e. The minimum atomic E-state index is -1.70. The average Bonchev–Trinajstić information content (AvgIpc) is 2.55. The molecule has 122 valence electrons. The van der Waals surface area contributed by atoms with Gasteiger partial charge in [-0.2, -0.15) is 0 Å². The molecule has 1 aromatic carbocycles. The molecule has 0 bridgehead atoms. The zero-order valence-electron chi connectivity index (χ0n) is 11.5. The van der Waals surface area contributed by atoms with Crippen LogP contribution in [0.4, 0.5) is 0 Å². The van der Waals surface area contributed by atoms with Gasteiger partial charge in [0.25, 0.3) is 0 Å². The summed E-state index contributed by atoms with van der Waals surface area (Å²) in [5.41, 5.74) is 0.289. The Balaban J connectivity index is 2.04. The van der Waals surface area contributed by atoms with E-state index in [-0.39, 0.29) is 5.56 Å². The number of benzene rings is 1. The lowest BCUT2D eigenvalue weighted by Crippen LogP contribution is -2.59. The van der Waals surface area contributed by atoms with Crippen LogP contribution in [0.2, 0.25) is 0 Å². The van der Waals surface area contributed by atoms with Gasteiger partial charge < -0.3 is 35.0 Å². The molecule has 0 amide bonds. The quantitative estimate of drug-likeness (QED) is 0.405. The van der Waals surface area contributed by atoms with E-state index in [1.165, 1.54) is 12.1 Å². The van der Waals surface area contributed by atoms with Crippen molar-refractivity contribution in [3.63, 3.8) is 0 Å². The number of aliphatic hydroxyl groups excluding tert-OH is 5. The molecule has 22 heavy (non-hydrogen) atoms. The maximum atomic E-state index is 11.9. The van der Waals surface area contributed by atoms with Crippen molar-refractivity contribution in [1.82, 2.24) is 0 Å². The normalized spacial score (nSPS) is 33.2. The van der Waals surface area contributed by atoms with Crippen LogP contribution in [0.25, 0.3) is 0 Å². The van der Waals surface area contributed by atoms with Gasteiger partial charge in [-0.15, -0.1) is 0 Å². The molecular formula is C14H18O8. The van der Waals surface area contributed by atoms with Crippen LogP contribution in [-0.4, -0.2) is 68.8 Å². The fraction of sp³-hybridized carbons (Fsp3) is 0.500. The third-order valence-corrected chi connectivity index (χ3v) is 3.42. The number of ether oxygens (including phenoxy) is 2. The van der Waals surface area contributed by atoms with E-state index in [0.29, 0.717) is 0 Å². The molecule has 1 aromatic rings. The van der Waals surface area contributed by atoms with Crippen molar-refractivity contribution in [2.75, 3.05) is 6.61 Å². The number of hydrogen-bond donors (Lipinski definition) is 5. The molecule has 0 aromatic heterocycles. The van der Waals surface area contributed by atoms with Crippen LogP contribution in [0.15, 0.2) is 30.3 Å². The maximum absolute atomic E-state index is 11.9. The SMILES string of the molecule is O=C(O[C@@H]1O[C@H](CO)[C@@H](O)[C@H](O)[C@H]1O)C(O)c1ccccc1. The Labute approximate surface area is 126 Å². The summed E-state index contributed by atoms with van der Waals surface area (Å²) in [6.07, 6.45) is -9.30. The number of hydrogen-bond acceptors (Lipinski definition) is 8. The van der Waals surface area contributed by atoms with Crippen LogP contribution < -0.4 is 0 Å². The van der Waals surface area contributed by atoms with Gasteiger partial charge in [0, 0.05) is 0 Å². The van der Waals surface area contributed by atoms with Crippen molar-refractivity contribution in [1.29, 1.82) is 0 Å². The minimum Gasteiger partial charge on any atom is -0.431 e. The average molecular weight is 314 g/mol. The van der Waals surface area contributed by atoms with Gasteiger partial charge in [0.2, 0.25) is 6.29 Å². The van der Waals surface area contributed by atoms with Crippen molar-refractivity contribution >= 4 is 5.97 Å². The number of rotatable bonds is 4. The molecule has 0 aliphatic carbocycles. The third-order valence-electron chi connectivity index (χ3n) is 3.42. The van der Waals surface area contributed by atoms with E-state index in [9.17, 15) is 25.2 Å². The second-order valence-corrected chi connectivity index (χ2v) is 4.95. The first-order chi connectivity index (χ1) is 10.5. The lowest BCUT2D eigenvalue weighted by molar-refractivity contribution is -0.294. The molecule has 0 radical (unpaired) electrons. The number of carbonyl (C=O) groups excluding carboxylic acids is 1. The molecule has 6 atom stereocenters. The highest BCUT2D eigenvalue weighted by Gasteiger charge is 2.45. The van der Waals surface area contributed by atoms with Crippen LogP contribution in [-0.2, 0) is 14.3 Å². The van der Waals surface area contributed by atoms with Crippen LogP contribution in [0.3, 0.4) is 0 Å². The number of esters is 1. The Morgan fingerprint density at radius 2 is 1.77 bits per heavy atom. The van der Waals surface area contributed by atoms with Crippen molar-refractivity contribution in [3.8, 4) is 0 Å². The van der Waals surface area contributed by atoms with Crippen LogP contribution in [0.5, 0.6) is 0 Å². The monoisotopic (exact) mass is 314 g/mol. The molecular weight excluding hydrogens is 296 g/mol. The topological polar surface area (TPSA) is 137 Å². The first-order valence-corrected chi connectivity index (χ1v) is 6.69. The summed E-state index contributed by atoms with van der Waals surface area (Å²) in [4.78, 5) is 11.9. The van der Waals surface area contributed by atoms with Gasteiger partial charge in [-0.3, -0.25) is 0 Å². The zero-order chi connectivity index (χ0) is 16.3. The summed E-state index contributed by atoms with van der Waals surface area (Å²) < 4.78 is 9.85. The van der Waals surface area contributed by atoms with Crippen molar-refractivity contribution in [2.45, 2.75) is 36.8 Å². The van der Waals surface area contributed by atoms with Crippen LogP contribution >= 0.6 is 0 Å². The predicted molar refractivity (Wildman–Crippen MR) is 71.3 cm³/mol. The molecule has 1 fully saturated rings. The summed E-state index contributed by atoms with van der Waals surface area (Å²) in [5, 5.41) is 47.9. The third kappa shape index (κ3) is 3.43. The fourth-order valence-electron chi connectivity index (χ4n) is 2.12. The van der Waals surface area contributed by atoms with Crippen molar-refractivity contribution < 1.29 is 39.8 Å². The molecule has 1 saturated heterocycles. The standard InChI is InChI=1S/C14H18O8/c15-6-8-10(17)11(18)12(19)14(21-8)22-13(20)9(16)7-4-2-1-3-5-7/h1-5,8-12,14-19H,6H2/t8-,9?,10-,11+,12-,14+/m1/s1. The van der Waals surface area contributed by atoms with E-state index in [1.807, 2.05) is 0 Å². The Hall–Kier alpha value is -1.55. The Bertz CT molecular complexity index is 491. The van der Waals surface area contributed by atoms with E-state index in [4.69, 9.17) is 14.6 Å². The summed E-state index contributed by atoms with van der Waals surface area (Å²) in [6, 6.07) is 7.98. The van der Waals surface area contributed by atoms with Gasteiger partial charge in [0.1, 0.15) is 24.4 Å². The molecule has 8 nitrogen and oxygen atoms in total. The number of aliphatic hydroxyl groups is 5. The molecule has 0 spiro atoms. The Kier molecular flexibility index (Phi) is 5.46. The first-order valence-electron chi connectivity index (χ1n) is 6.69. The highest BCUT2D eigenvalue weighted by molar-refractivity contribution is 5.76. The molecule has 1 aliphatic heterocycles. The van der Waals surface area contributed by atoms with E-state index in [2.05, 4.69) is 0 Å². The molecule has 8 heteroatoms. The maximum Gasteiger partial charge on any atom is 0.342 e. The largest absolute Gasteiger partial charge is 0.431 e. The summed E-state index contributed by atoms with van der Waals surface area (Å²) in [6.45, 7) is -0.639. The van der Waals surface area contributed by atoms with Gasteiger partial charge in [-0.05, 0) is 5.56 Å². The van der Waals surface area contributed by atoms with E-state index >= 15 is 0 Å².